The van der Waals surface area contributed by atoms with E-state index in [1.807, 2.05) is 18.2 Å². The molecule has 0 aliphatic carbocycles. The normalized spacial score (nSPS) is 27.5. The molecule has 5 heteroatoms. The van der Waals surface area contributed by atoms with E-state index in [1.54, 1.807) is 7.11 Å². The van der Waals surface area contributed by atoms with Gasteiger partial charge in [0.15, 0.2) is 0 Å². The van der Waals surface area contributed by atoms with Gasteiger partial charge in [-0.15, -0.1) is 0 Å². The van der Waals surface area contributed by atoms with Gasteiger partial charge in [-0.25, -0.2) is 0 Å². The van der Waals surface area contributed by atoms with Gasteiger partial charge in [-0.05, 0) is 18.2 Å². The number of nitrogens with zero attached hydrogens (tertiary/aromatic N) is 1. The molecule has 0 saturated carbocycles. The van der Waals surface area contributed by atoms with Crippen molar-refractivity contribution in [2.24, 2.45) is 0 Å². The van der Waals surface area contributed by atoms with Crippen molar-refractivity contribution in [3.63, 3.8) is 0 Å². The van der Waals surface area contributed by atoms with Crippen LogP contribution in [0.25, 0.3) is 0 Å². The van der Waals surface area contributed by atoms with Crippen molar-refractivity contribution in [3.05, 3.63) is 23.8 Å². The summed E-state index contributed by atoms with van der Waals surface area (Å²) in [5, 5.41) is 10.6. The van der Waals surface area contributed by atoms with Gasteiger partial charge in [0.05, 0.1) is 26.4 Å². The predicted molar refractivity (Wildman–Crippen MR) is 69.6 cm³/mol. The molecule has 1 fully saturated rings. The molecular weight excluding hydrogens is 246 g/mol. The second kappa shape index (κ2) is 5.36. The van der Waals surface area contributed by atoms with Crippen molar-refractivity contribution in [2.75, 3.05) is 40.0 Å². The molecule has 19 heavy (non-hydrogen) atoms. The van der Waals surface area contributed by atoms with E-state index < -0.39 is 6.10 Å². The third kappa shape index (κ3) is 2.41. The molecule has 1 aromatic rings. The quantitative estimate of drug-likeness (QED) is 0.858. The standard InChI is InChI=1S/C14H19NO4/c1-17-10-2-3-13-11(8-10)14(16)12(9-19-13)15-4-6-18-7-5-15/h2-3,8,12,14,16H,4-7,9H2,1H3. The van der Waals surface area contributed by atoms with Gasteiger partial charge in [0.2, 0.25) is 0 Å². The Hall–Kier alpha value is -1.30. The highest BCUT2D eigenvalue weighted by atomic mass is 16.5. The number of morpholine rings is 1. The molecular formula is C14H19NO4. The molecule has 0 aromatic heterocycles. The van der Waals surface area contributed by atoms with E-state index in [2.05, 4.69) is 4.90 Å². The first kappa shape index (κ1) is 12.7. The summed E-state index contributed by atoms with van der Waals surface area (Å²) < 4.78 is 16.3. The Morgan fingerprint density at radius 1 is 1.32 bits per heavy atom. The number of benzene rings is 1. The molecule has 104 valence electrons. The van der Waals surface area contributed by atoms with Crippen LogP contribution in [0.5, 0.6) is 11.5 Å². The third-order valence-corrected chi connectivity index (χ3v) is 3.82. The summed E-state index contributed by atoms with van der Waals surface area (Å²) >= 11 is 0. The molecule has 2 heterocycles. The van der Waals surface area contributed by atoms with Crippen LogP contribution in [0.3, 0.4) is 0 Å². The smallest absolute Gasteiger partial charge is 0.125 e. The first-order chi connectivity index (χ1) is 9.29. The van der Waals surface area contributed by atoms with Crippen LogP contribution >= 0.6 is 0 Å². The van der Waals surface area contributed by atoms with Gasteiger partial charge >= 0.3 is 0 Å². The van der Waals surface area contributed by atoms with Crippen molar-refractivity contribution in [1.29, 1.82) is 0 Å². The van der Waals surface area contributed by atoms with Crippen LogP contribution in [0.1, 0.15) is 11.7 Å². The highest BCUT2D eigenvalue weighted by molar-refractivity contribution is 5.43. The first-order valence-electron chi connectivity index (χ1n) is 6.60. The lowest BCUT2D eigenvalue weighted by molar-refractivity contribution is -0.0454. The van der Waals surface area contributed by atoms with Crippen LogP contribution < -0.4 is 9.47 Å². The molecule has 3 rings (SSSR count). The van der Waals surface area contributed by atoms with Gasteiger partial charge in [0.25, 0.3) is 0 Å². The number of hydrogen-bond acceptors (Lipinski definition) is 5. The maximum absolute atomic E-state index is 10.6. The Labute approximate surface area is 112 Å². The summed E-state index contributed by atoms with van der Waals surface area (Å²) in [7, 11) is 1.62. The highest BCUT2D eigenvalue weighted by Crippen LogP contribution is 2.36. The van der Waals surface area contributed by atoms with Gasteiger partial charge in [0, 0.05) is 18.7 Å². The van der Waals surface area contributed by atoms with Crippen molar-refractivity contribution >= 4 is 0 Å². The molecule has 2 aliphatic rings. The lowest BCUT2D eigenvalue weighted by Gasteiger charge is -2.40. The molecule has 0 bridgehead atoms. The largest absolute Gasteiger partial charge is 0.497 e. The molecule has 0 spiro atoms. The Bertz CT molecular complexity index is 445. The van der Waals surface area contributed by atoms with Crippen LogP contribution in [0.2, 0.25) is 0 Å². The highest BCUT2D eigenvalue weighted by Gasteiger charge is 2.34. The van der Waals surface area contributed by atoms with E-state index in [4.69, 9.17) is 14.2 Å². The predicted octanol–water partition coefficient (Wildman–Crippen LogP) is 0.822. The maximum Gasteiger partial charge on any atom is 0.125 e. The molecule has 2 atom stereocenters. The third-order valence-electron chi connectivity index (χ3n) is 3.82. The van der Waals surface area contributed by atoms with E-state index in [1.165, 1.54) is 0 Å². The summed E-state index contributed by atoms with van der Waals surface area (Å²) in [4.78, 5) is 2.23. The van der Waals surface area contributed by atoms with Crippen molar-refractivity contribution < 1.29 is 19.3 Å². The maximum atomic E-state index is 10.6. The average Bonchev–Trinajstić information content (AvgIpc) is 2.48. The minimum atomic E-state index is -0.544. The summed E-state index contributed by atoms with van der Waals surface area (Å²) in [5.41, 5.74) is 0.807. The van der Waals surface area contributed by atoms with Gasteiger partial charge in [-0.1, -0.05) is 0 Å². The van der Waals surface area contributed by atoms with Crippen molar-refractivity contribution in [2.45, 2.75) is 12.1 Å². The Morgan fingerprint density at radius 2 is 2.11 bits per heavy atom. The number of ether oxygens (including phenoxy) is 3. The van der Waals surface area contributed by atoms with E-state index >= 15 is 0 Å². The van der Waals surface area contributed by atoms with Crippen molar-refractivity contribution in [1.82, 2.24) is 4.90 Å². The summed E-state index contributed by atoms with van der Waals surface area (Å²) in [6.45, 7) is 3.62. The SMILES string of the molecule is COc1ccc2c(c1)C(O)C(N1CCOCC1)CO2. The van der Waals surface area contributed by atoms with Crippen LogP contribution in [-0.4, -0.2) is 56.1 Å². The molecule has 0 radical (unpaired) electrons. The van der Waals surface area contributed by atoms with E-state index in [9.17, 15) is 5.11 Å². The molecule has 1 N–H and O–H groups in total. The minimum absolute atomic E-state index is 0.0106. The molecule has 1 saturated heterocycles. The minimum Gasteiger partial charge on any atom is -0.497 e. The second-order valence-corrected chi connectivity index (χ2v) is 4.88. The first-order valence-corrected chi connectivity index (χ1v) is 6.60. The van der Waals surface area contributed by atoms with Crippen LogP contribution in [0.15, 0.2) is 18.2 Å². The Balaban J connectivity index is 1.83. The number of fused-ring (bicyclic) bond motifs is 1. The van der Waals surface area contributed by atoms with E-state index in [0.717, 1.165) is 30.2 Å². The number of aliphatic hydroxyl groups excluding tert-OH is 1. The average molecular weight is 265 g/mol. The molecule has 5 nitrogen and oxygen atoms in total. The zero-order chi connectivity index (χ0) is 13.2. The second-order valence-electron chi connectivity index (χ2n) is 4.88. The van der Waals surface area contributed by atoms with Crippen LogP contribution in [0, 0.1) is 0 Å². The molecule has 0 amide bonds. The lowest BCUT2D eigenvalue weighted by Crippen LogP contribution is -2.50. The number of methoxy groups -OCH3 is 1. The Morgan fingerprint density at radius 3 is 2.84 bits per heavy atom. The van der Waals surface area contributed by atoms with Crippen molar-refractivity contribution in [3.8, 4) is 11.5 Å². The summed E-state index contributed by atoms with van der Waals surface area (Å²) in [6, 6.07) is 5.55. The molecule has 1 aromatic carbocycles. The van der Waals surface area contributed by atoms with Crippen LogP contribution in [0.4, 0.5) is 0 Å². The fourth-order valence-electron chi connectivity index (χ4n) is 2.70. The van der Waals surface area contributed by atoms with Gasteiger partial charge in [-0.2, -0.15) is 0 Å². The zero-order valence-corrected chi connectivity index (χ0v) is 11.0. The molecule has 2 unspecified atom stereocenters. The fourth-order valence-corrected chi connectivity index (χ4v) is 2.70. The number of hydrogen-bond donors (Lipinski definition) is 1. The topological polar surface area (TPSA) is 51.2 Å². The van der Waals surface area contributed by atoms with Gasteiger partial charge in [0.1, 0.15) is 24.2 Å². The summed E-state index contributed by atoms with van der Waals surface area (Å²) in [6.07, 6.45) is -0.544. The lowest BCUT2D eigenvalue weighted by atomic mass is 9.97. The number of rotatable bonds is 2. The van der Waals surface area contributed by atoms with E-state index in [0.29, 0.717) is 19.8 Å². The van der Waals surface area contributed by atoms with Gasteiger partial charge in [-0.3, -0.25) is 4.90 Å². The summed E-state index contributed by atoms with van der Waals surface area (Å²) in [5.74, 6) is 1.49. The monoisotopic (exact) mass is 265 g/mol. The molecule has 2 aliphatic heterocycles. The van der Waals surface area contributed by atoms with Gasteiger partial charge < -0.3 is 19.3 Å². The fraction of sp³-hybridized carbons (Fsp3) is 0.571. The number of aliphatic hydroxyl groups is 1. The zero-order valence-electron chi connectivity index (χ0n) is 11.0. The van der Waals surface area contributed by atoms with Crippen LogP contribution in [-0.2, 0) is 4.74 Å². The Kier molecular flexibility index (Phi) is 3.59. The van der Waals surface area contributed by atoms with E-state index in [-0.39, 0.29) is 6.04 Å².